The number of hydrogen-bond acceptors (Lipinski definition) is 4. The quantitative estimate of drug-likeness (QED) is 0.777. The van der Waals surface area contributed by atoms with E-state index < -0.39 is 11.9 Å². The Labute approximate surface area is 139 Å². The molecule has 5 nitrogen and oxygen atoms in total. The molecule has 3 aromatic rings. The molecule has 1 atom stereocenters. The second kappa shape index (κ2) is 5.46. The molecule has 4 rings (SSSR count). The Morgan fingerprint density at radius 3 is 2.50 bits per heavy atom. The molecular weight excluding hydrogens is 304 g/mol. The Hall–Kier alpha value is -2.65. The van der Waals surface area contributed by atoms with Crippen LogP contribution in [0.2, 0.25) is 0 Å². The van der Waals surface area contributed by atoms with Crippen molar-refractivity contribution in [3.05, 3.63) is 71.4 Å². The number of nitrogens with one attached hydrogen (secondary N) is 1. The van der Waals surface area contributed by atoms with E-state index in [2.05, 4.69) is 11.1 Å². The number of aromatic nitrogens is 1. The average Bonchev–Trinajstić information content (AvgIpc) is 3.03. The third-order valence-electron chi connectivity index (χ3n) is 4.43. The van der Waals surface area contributed by atoms with E-state index in [9.17, 15) is 5.11 Å². The molecule has 0 amide bonds. The van der Waals surface area contributed by atoms with Gasteiger partial charge in [0.15, 0.2) is 11.9 Å². The molecule has 1 aliphatic rings. The standard InChI is InChI=1S/C19H16N2O3/c1-12-23-18(24-12)19(22,14-8-6-13(10-20)7-9-14)16-11-21-17-5-3-2-4-15(16)17/h2-9,11-12,18,21-22H,1H3. The van der Waals surface area contributed by atoms with Gasteiger partial charge in [-0.15, -0.1) is 0 Å². The lowest BCUT2D eigenvalue weighted by molar-refractivity contribution is -0.416. The molecule has 24 heavy (non-hydrogen) atoms. The number of aromatic amines is 1. The maximum absolute atomic E-state index is 11.6. The Balaban J connectivity index is 1.89. The molecule has 0 saturated carbocycles. The van der Waals surface area contributed by atoms with Crippen LogP contribution in [0.1, 0.15) is 23.6 Å². The van der Waals surface area contributed by atoms with Crippen LogP contribution in [0.25, 0.3) is 10.9 Å². The Morgan fingerprint density at radius 2 is 1.83 bits per heavy atom. The number of ether oxygens (including phenoxy) is 2. The number of rotatable bonds is 3. The van der Waals surface area contributed by atoms with Gasteiger partial charge in [-0.2, -0.15) is 5.26 Å². The topological polar surface area (TPSA) is 78.3 Å². The molecule has 120 valence electrons. The zero-order valence-corrected chi connectivity index (χ0v) is 13.1. The van der Waals surface area contributed by atoms with Crippen LogP contribution in [-0.2, 0) is 15.1 Å². The number of aliphatic hydroxyl groups is 1. The first-order valence-electron chi connectivity index (χ1n) is 7.73. The van der Waals surface area contributed by atoms with Crippen molar-refractivity contribution in [1.82, 2.24) is 4.98 Å². The molecule has 1 unspecified atom stereocenters. The minimum Gasteiger partial charge on any atom is -0.375 e. The zero-order chi connectivity index (χ0) is 16.7. The fourth-order valence-corrected chi connectivity index (χ4v) is 3.16. The van der Waals surface area contributed by atoms with E-state index in [0.717, 1.165) is 10.9 Å². The van der Waals surface area contributed by atoms with Crippen LogP contribution >= 0.6 is 0 Å². The van der Waals surface area contributed by atoms with E-state index in [0.29, 0.717) is 16.7 Å². The summed E-state index contributed by atoms with van der Waals surface area (Å²) in [6, 6.07) is 16.6. The summed E-state index contributed by atoms with van der Waals surface area (Å²) in [7, 11) is 0. The molecule has 2 aromatic carbocycles. The Kier molecular flexibility index (Phi) is 3.39. The van der Waals surface area contributed by atoms with Gasteiger partial charge in [-0.25, -0.2) is 0 Å². The van der Waals surface area contributed by atoms with Gasteiger partial charge >= 0.3 is 0 Å². The first-order valence-corrected chi connectivity index (χ1v) is 7.73. The Morgan fingerprint density at radius 1 is 1.12 bits per heavy atom. The predicted octanol–water partition coefficient (Wildman–Crippen LogP) is 2.99. The molecule has 1 aromatic heterocycles. The molecule has 0 spiro atoms. The first kappa shape index (κ1) is 14.9. The van der Waals surface area contributed by atoms with Crippen LogP contribution in [0.5, 0.6) is 0 Å². The van der Waals surface area contributed by atoms with Crippen molar-refractivity contribution in [3.8, 4) is 6.07 Å². The lowest BCUT2D eigenvalue weighted by atomic mass is 9.84. The maximum Gasteiger partial charge on any atom is 0.200 e. The fraction of sp³-hybridized carbons (Fsp3) is 0.211. The number of para-hydroxylation sites is 1. The third-order valence-corrected chi connectivity index (χ3v) is 4.43. The van der Waals surface area contributed by atoms with E-state index in [1.165, 1.54) is 0 Å². The summed E-state index contributed by atoms with van der Waals surface area (Å²) in [5.41, 5.74) is 1.28. The third kappa shape index (κ3) is 2.13. The van der Waals surface area contributed by atoms with E-state index in [4.69, 9.17) is 14.7 Å². The minimum absolute atomic E-state index is 0.356. The molecule has 0 bridgehead atoms. The summed E-state index contributed by atoms with van der Waals surface area (Å²) >= 11 is 0. The van der Waals surface area contributed by atoms with Gasteiger partial charge in [-0.3, -0.25) is 0 Å². The normalized spacial score (nSPS) is 22.5. The van der Waals surface area contributed by atoms with Crippen LogP contribution in [0, 0.1) is 11.3 Å². The van der Waals surface area contributed by atoms with E-state index in [1.807, 2.05) is 24.3 Å². The van der Waals surface area contributed by atoms with Crippen LogP contribution in [-0.4, -0.2) is 22.7 Å². The largest absolute Gasteiger partial charge is 0.375 e. The number of fused-ring (bicyclic) bond motifs is 1. The second-order valence-electron chi connectivity index (χ2n) is 5.88. The van der Waals surface area contributed by atoms with Crippen LogP contribution < -0.4 is 0 Å². The second-order valence-corrected chi connectivity index (χ2v) is 5.88. The highest BCUT2D eigenvalue weighted by molar-refractivity contribution is 5.84. The van der Waals surface area contributed by atoms with Crippen molar-refractivity contribution in [2.24, 2.45) is 0 Å². The predicted molar refractivity (Wildman–Crippen MR) is 87.9 cm³/mol. The van der Waals surface area contributed by atoms with Gasteiger partial charge in [-0.05, 0) is 30.7 Å². The van der Waals surface area contributed by atoms with Crippen LogP contribution in [0.3, 0.4) is 0 Å². The van der Waals surface area contributed by atoms with Crippen molar-refractivity contribution in [2.45, 2.75) is 25.1 Å². The summed E-state index contributed by atoms with van der Waals surface area (Å²) in [6.07, 6.45) is 0.614. The van der Waals surface area contributed by atoms with Gasteiger partial charge in [0.05, 0.1) is 11.6 Å². The number of nitriles is 1. The number of benzene rings is 2. The summed E-state index contributed by atoms with van der Waals surface area (Å²) in [5.74, 6) is 0. The summed E-state index contributed by atoms with van der Waals surface area (Å²) in [6.45, 7) is 1.78. The molecule has 0 aliphatic carbocycles. The fourth-order valence-electron chi connectivity index (χ4n) is 3.16. The van der Waals surface area contributed by atoms with Gasteiger partial charge < -0.3 is 19.6 Å². The first-order chi connectivity index (χ1) is 11.6. The highest BCUT2D eigenvalue weighted by atomic mass is 16.9. The van der Waals surface area contributed by atoms with Gasteiger partial charge in [0, 0.05) is 22.7 Å². The molecule has 5 heteroatoms. The average molecular weight is 320 g/mol. The maximum atomic E-state index is 11.6. The van der Waals surface area contributed by atoms with E-state index in [1.54, 1.807) is 37.4 Å². The molecule has 1 saturated heterocycles. The van der Waals surface area contributed by atoms with E-state index >= 15 is 0 Å². The number of nitrogens with zero attached hydrogens (tertiary/aromatic N) is 1. The van der Waals surface area contributed by atoms with Crippen molar-refractivity contribution >= 4 is 10.9 Å². The van der Waals surface area contributed by atoms with Crippen molar-refractivity contribution in [1.29, 1.82) is 5.26 Å². The van der Waals surface area contributed by atoms with Gasteiger partial charge in [0.25, 0.3) is 0 Å². The highest BCUT2D eigenvalue weighted by Gasteiger charge is 2.49. The summed E-state index contributed by atoms with van der Waals surface area (Å²) in [4.78, 5) is 3.18. The summed E-state index contributed by atoms with van der Waals surface area (Å²) in [5, 5.41) is 21.5. The van der Waals surface area contributed by atoms with Crippen molar-refractivity contribution in [2.75, 3.05) is 0 Å². The molecule has 0 radical (unpaired) electrons. The molecule has 2 heterocycles. The van der Waals surface area contributed by atoms with E-state index in [-0.39, 0.29) is 6.29 Å². The Bertz CT molecular complexity index is 920. The smallest absolute Gasteiger partial charge is 0.200 e. The zero-order valence-electron chi connectivity index (χ0n) is 13.1. The van der Waals surface area contributed by atoms with Gasteiger partial charge in [0.1, 0.15) is 0 Å². The SMILES string of the molecule is CC1OC(C(O)(c2ccc(C#N)cc2)c2c[nH]c3ccccc23)O1. The molecule has 2 N–H and O–H groups in total. The van der Waals surface area contributed by atoms with Crippen molar-refractivity contribution in [3.63, 3.8) is 0 Å². The van der Waals surface area contributed by atoms with Crippen LogP contribution in [0.4, 0.5) is 0 Å². The highest BCUT2D eigenvalue weighted by Crippen LogP contribution is 2.42. The molecular formula is C19H16N2O3. The molecule has 1 aliphatic heterocycles. The number of H-pyrrole nitrogens is 1. The minimum atomic E-state index is -1.47. The van der Waals surface area contributed by atoms with Crippen LogP contribution in [0.15, 0.2) is 54.7 Å². The lowest BCUT2D eigenvalue weighted by Gasteiger charge is -2.44. The summed E-state index contributed by atoms with van der Waals surface area (Å²) < 4.78 is 11.3. The number of hydrogen-bond donors (Lipinski definition) is 2. The molecule has 1 fully saturated rings. The van der Waals surface area contributed by atoms with Gasteiger partial charge in [-0.1, -0.05) is 30.3 Å². The lowest BCUT2D eigenvalue weighted by Crippen LogP contribution is -2.54. The van der Waals surface area contributed by atoms with Gasteiger partial charge in [0.2, 0.25) is 6.29 Å². The van der Waals surface area contributed by atoms with Crippen molar-refractivity contribution < 1.29 is 14.6 Å². The monoisotopic (exact) mass is 320 g/mol.